The third kappa shape index (κ3) is 2.26. The summed E-state index contributed by atoms with van der Waals surface area (Å²) in [5.74, 6) is 0.378. The number of aliphatic hydroxyl groups is 1. The van der Waals surface area contributed by atoms with E-state index >= 15 is 0 Å². The minimum atomic E-state index is -0.587. The zero-order valence-electron chi connectivity index (χ0n) is 11.5. The highest BCUT2D eigenvalue weighted by molar-refractivity contribution is 5.31. The zero-order valence-corrected chi connectivity index (χ0v) is 11.5. The Morgan fingerprint density at radius 2 is 1.76 bits per heavy atom. The summed E-state index contributed by atoms with van der Waals surface area (Å²) >= 11 is 0. The SMILES string of the molecule is CC1CCCC1(O)c1ccc(C(C)(C)C)cc1. The van der Waals surface area contributed by atoms with Crippen molar-refractivity contribution in [3.05, 3.63) is 35.4 Å². The number of rotatable bonds is 1. The molecule has 1 saturated carbocycles. The summed E-state index contributed by atoms with van der Waals surface area (Å²) in [6.07, 6.45) is 3.18. The first kappa shape index (κ1) is 12.6. The molecule has 1 nitrogen and oxygen atoms in total. The van der Waals surface area contributed by atoms with Crippen molar-refractivity contribution < 1.29 is 5.11 Å². The molecule has 0 radical (unpaired) electrons. The van der Waals surface area contributed by atoms with Gasteiger partial charge in [0.15, 0.2) is 0 Å². The van der Waals surface area contributed by atoms with Crippen molar-refractivity contribution in [2.24, 2.45) is 5.92 Å². The average molecular weight is 232 g/mol. The minimum absolute atomic E-state index is 0.183. The van der Waals surface area contributed by atoms with E-state index in [1.54, 1.807) is 0 Å². The summed E-state index contributed by atoms with van der Waals surface area (Å²) in [4.78, 5) is 0. The van der Waals surface area contributed by atoms with Crippen LogP contribution >= 0.6 is 0 Å². The van der Waals surface area contributed by atoms with Crippen molar-refractivity contribution >= 4 is 0 Å². The molecule has 0 bridgehead atoms. The van der Waals surface area contributed by atoms with E-state index in [-0.39, 0.29) is 5.41 Å². The van der Waals surface area contributed by atoms with Crippen LogP contribution in [0.15, 0.2) is 24.3 Å². The fraction of sp³-hybridized carbons (Fsp3) is 0.625. The molecule has 94 valence electrons. The topological polar surface area (TPSA) is 20.2 Å². The van der Waals surface area contributed by atoms with Crippen LogP contribution in [0.5, 0.6) is 0 Å². The largest absolute Gasteiger partial charge is 0.385 e. The van der Waals surface area contributed by atoms with E-state index < -0.39 is 5.60 Å². The molecule has 0 spiro atoms. The fourth-order valence-corrected chi connectivity index (χ4v) is 2.85. The Morgan fingerprint density at radius 3 is 2.18 bits per heavy atom. The molecule has 1 heteroatoms. The molecule has 1 fully saturated rings. The molecule has 2 rings (SSSR count). The zero-order chi connectivity index (χ0) is 12.7. The average Bonchev–Trinajstić information content (AvgIpc) is 2.60. The maximum absolute atomic E-state index is 10.7. The summed E-state index contributed by atoms with van der Waals surface area (Å²) in [5, 5.41) is 10.7. The molecule has 0 aromatic heterocycles. The first-order valence-electron chi connectivity index (χ1n) is 6.67. The van der Waals surface area contributed by atoms with Crippen molar-refractivity contribution in [3.8, 4) is 0 Å². The quantitative estimate of drug-likeness (QED) is 0.776. The number of hydrogen-bond acceptors (Lipinski definition) is 1. The van der Waals surface area contributed by atoms with E-state index in [1.807, 2.05) is 0 Å². The van der Waals surface area contributed by atoms with Crippen LogP contribution in [0.4, 0.5) is 0 Å². The van der Waals surface area contributed by atoms with Crippen molar-refractivity contribution in [2.45, 2.75) is 58.0 Å². The third-order valence-corrected chi connectivity index (χ3v) is 4.26. The molecular weight excluding hydrogens is 208 g/mol. The van der Waals surface area contributed by atoms with Crippen LogP contribution < -0.4 is 0 Å². The summed E-state index contributed by atoms with van der Waals surface area (Å²) < 4.78 is 0. The molecule has 1 N–H and O–H groups in total. The van der Waals surface area contributed by atoms with Crippen LogP contribution in [0.25, 0.3) is 0 Å². The monoisotopic (exact) mass is 232 g/mol. The smallest absolute Gasteiger partial charge is 0.0921 e. The molecule has 2 unspecified atom stereocenters. The predicted molar refractivity (Wildman–Crippen MR) is 72.1 cm³/mol. The predicted octanol–water partition coefficient (Wildman–Crippen LogP) is 3.99. The normalized spacial score (nSPS) is 29.6. The Balaban J connectivity index is 2.30. The first-order chi connectivity index (χ1) is 7.84. The lowest BCUT2D eigenvalue weighted by atomic mass is 9.82. The second-order valence-corrected chi connectivity index (χ2v) is 6.54. The van der Waals surface area contributed by atoms with E-state index in [9.17, 15) is 5.11 Å². The van der Waals surface area contributed by atoms with Gasteiger partial charge in [-0.1, -0.05) is 52.0 Å². The van der Waals surface area contributed by atoms with Gasteiger partial charge < -0.3 is 5.11 Å². The Labute approximate surface area is 105 Å². The van der Waals surface area contributed by atoms with Crippen LogP contribution in [0.3, 0.4) is 0 Å². The minimum Gasteiger partial charge on any atom is -0.385 e. The van der Waals surface area contributed by atoms with Crippen molar-refractivity contribution in [2.75, 3.05) is 0 Å². The molecular formula is C16H24O. The van der Waals surface area contributed by atoms with Crippen LogP contribution in [-0.4, -0.2) is 5.11 Å². The lowest BCUT2D eigenvalue weighted by Gasteiger charge is -2.29. The Bertz CT molecular complexity index is 385. The van der Waals surface area contributed by atoms with E-state index in [4.69, 9.17) is 0 Å². The lowest BCUT2D eigenvalue weighted by molar-refractivity contribution is 0.00446. The van der Waals surface area contributed by atoms with Gasteiger partial charge in [-0.25, -0.2) is 0 Å². The summed E-state index contributed by atoms with van der Waals surface area (Å²) in [7, 11) is 0. The molecule has 1 aliphatic rings. The van der Waals surface area contributed by atoms with Gasteiger partial charge in [0.1, 0.15) is 0 Å². The number of benzene rings is 1. The molecule has 1 aromatic carbocycles. The highest BCUT2D eigenvalue weighted by atomic mass is 16.3. The molecule has 1 aliphatic carbocycles. The van der Waals surface area contributed by atoms with Crippen molar-refractivity contribution in [1.29, 1.82) is 0 Å². The Hall–Kier alpha value is -0.820. The first-order valence-corrected chi connectivity index (χ1v) is 6.67. The Morgan fingerprint density at radius 1 is 1.18 bits per heavy atom. The summed E-state index contributed by atoms with van der Waals surface area (Å²) in [5.41, 5.74) is 2.02. The maximum atomic E-state index is 10.7. The van der Waals surface area contributed by atoms with Crippen LogP contribution in [0, 0.1) is 5.92 Å². The van der Waals surface area contributed by atoms with Gasteiger partial charge in [0.25, 0.3) is 0 Å². The van der Waals surface area contributed by atoms with Crippen molar-refractivity contribution in [3.63, 3.8) is 0 Å². The van der Waals surface area contributed by atoms with Gasteiger partial charge in [-0.15, -0.1) is 0 Å². The standard InChI is InChI=1S/C16H24O/c1-12-6-5-11-16(12,17)14-9-7-13(8-10-14)15(2,3)4/h7-10,12,17H,5-6,11H2,1-4H3. The van der Waals surface area contributed by atoms with Crippen LogP contribution in [0.2, 0.25) is 0 Å². The van der Waals surface area contributed by atoms with Gasteiger partial charge in [-0.05, 0) is 41.7 Å². The van der Waals surface area contributed by atoms with Gasteiger partial charge in [-0.3, -0.25) is 0 Å². The lowest BCUT2D eigenvalue weighted by Crippen LogP contribution is -2.28. The molecule has 1 aromatic rings. The van der Waals surface area contributed by atoms with E-state index in [2.05, 4.69) is 52.0 Å². The van der Waals surface area contributed by atoms with E-state index in [1.165, 1.54) is 5.56 Å². The van der Waals surface area contributed by atoms with Crippen molar-refractivity contribution in [1.82, 2.24) is 0 Å². The summed E-state index contributed by atoms with van der Waals surface area (Å²) in [6.45, 7) is 8.81. The van der Waals surface area contributed by atoms with Crippen LogP contribution in [-0.2, 0) is 11.0 Å². The van der Waals surface area contributed by atoms with Gasteiger partial charge in [0.2, 0.25) is 0 Å². The molecule has 17 heavy (non-hydrogen) atoms. The maximum Gasteiger partial charge on any atom is 0.0921 e. The van der Waals surface area contributed by atoms with Gasteiger partial charge in [0, 0.05) is 0 Å². The Kier molecular flexibility index (Phi) is 3.07. The van der Waals surface area contributed by atoms with Crippen LogP contribution in [0.1, 0.15) is 58.1 Å². The second-order valence-electron chi connectivity index (χ2n) is 6.54. The van der Waals surface area contributed by atoms with E-state index in [0.717, 1.165) is 24.8 Å². The highest BCUT2D eigenvalue weighted by Crippen LogP contribution is 2.43. The number of hydrogen-bond donors (Lipinski definition) is 1. The molecule has 0 aliphatic heterocycles. The molecule has 0 heterocycles. The van der Waals surface area contributed by atoms with Gasteiger partial charge in [-0.2, -0.15) is 0 Å². The van der Waals surface area contributed by atoms with E-state index in [0.29, 0.717) is 5.92 Å². The summed E-state index contributed by atoms with van der Waals surface area (Å²) in [6, 6.07) is 8.56. The molecule has 0 saturated heterocycles. The second kappa shape index (κ2) is 4.13. The third-order valence-electron chi connectivity index (χ3n) is 4.26. The highest BCUT2D eigenvalue weighted by Gasteiger charge is 2.39. The fourth-order valence-electron chi connectivity index (χ4n) is 2.85. The van der Waals surface area contributed by atoms with Gasteiger partial charge >= 0.3 is 0 Å². The molecule has 2 atom stereocenters. The molecule has 0 amide bonds. The van der Waals surface area contributed by atoms with Gasteiger partial charge in [0.05, 0.1) is 5.60 Å².